The molecule has 18 heavy (non-hydrogen) atoms. The number of carbonyl (C=O) groups excluding carboxylic acids is 1. The fourth-order valence-electron chi connectivity index (χ4n) is 1.84. The molecular weight excluding hydrogens is 226 g/mol. The van der Waals surface area contributed by atoms with Crippen LogP contribution >= 0.6 is 0 Å². The van der Waals surface area contributed by atoms with E-state index in [1.807, 2.05) is 0 Å². The summed E-state index contributed by atoms with van der Waals surface area (Å²) in [6, 6.07) is 8.36. The first-order valence-electron chi connectivity index (χ1n) is 6.69. The predicted molar refractivity (Wildman–Crippen MR) is 71.2 cm³/mol. The van der Waals surface area contributed by atoms with E-state index in [0.29, 0.717) is 6.61 Å². The number of hydrogen-bond acceptors (Lipinski definition) is 3. The highest BCUT2D eigenvalue weighted by Crippen LogP contribution is 2.29. The molecule has 0 aliphatic heterocycles. The van der Waals surface area contributed by atoms with Gasteiger partial charge in [0, 0.05) is 6.54 Å². The molecule has 0 unspecified atom stereocenters. The van der Waals surface area contributed by atoms with Gasteiger partial charge < -0.3 is 10.1 Å². The first-order chi connectivity index (χ1) is 8.77. The maximum absolute atomic E-state index is 11.3. The molecule has 0 radical (unpaired) electrons. The van der Waals surface area contributed by atoms with Gasteiger partial charge in [0.15, 0.2) is 0 Å². The monoisotopic (exact) mass is 247 g/mol. The van der Waals surface area contributed by atoms with Crippen LogP contribution in [-0.2, 0) is 16.1 Å². The Morgan fingerprint density at radius 2 is 2.17 bits per heavy atom. The fraction of sp³-hybridized carbons (Fsp3) is 0.533. The summed E-state index contributed by atoms with van der Waals surface area (Å²) in [6.07, 6.45) is 2.92. The van der Waals surface area contributed by atoms with Crippen LogP contribution in [-0.4, -0.2) is 19.1 Å². The number of carbonyl (C=O) groups is 1. The molecule has 0 amide bonds. The van der Waals surface area contributed by atoms with Gasteiger partial charge in [0.2, 0.25) is 0 Å². The standard InChI is InChI=1S/C15H21NO2/c1-12-5-2-3-6-14(12)11-16-9-4-10-18-15(17)13-7-8-13/h2-3,5-6,13,16H,4,7-11H2,1H3. The van der Waals surface area contributed by atoms with E-state index in [2.05, 4.69) is 36.5 Å². The average Bonchev–Trinajstić information content (AvgIpc) is 3.19. The molecule has 1 aromatic rings. The Hall–Kier alpha value is -1.35. The molecule has 0 atom stereocenters. The van der Waals surface area contributed by atoms with Gasteiger partial charge in [-0.05, 0) is 43.9 Å². The molecular formula is C15H21NO2. The zero-order valence-electron chi connectivity index (χ0n) is 10.9. The van der Waals surface area contributed by atoms with Gasteiger partial charge in [0.1, 0.15) is 0 Å². The SMILES string of the molecule is Cc1ccccc1CNCCCOC(=O)C1CC1. The smallest absolute Gasteiger partial charge is 0.308 e. The number of ether oxygens (including phenoxy) is 1. The second kappa shape index (κ2) is 6.55. The highest BCUT2D eigenvalue weighted by molar-refractivity contribution is 5.74. The minimum Gasteiger partial charge on any atom is -0.465 e. The number of nitrogens with one attached hydrogen (secondary N) is 1. The third-order valence-corrected chi connectivity index (χ3v) is 3.23. The van der Waals surface area contributed by atoms with E-state index in [1.54, 1.807) is 0 Å². The number of rotatable bonds is 7. The van der Waals surface area contributed by atoms with Crippen molar-refractivity contribution in [3.8, 4) is 0 Å². The first kappa shape index (κ1) is 13.1. The van der Waals surface area contributed by atoms with Gasteiger partial charge in [-0.2, -0.15) is 0 Å². The summed E-state index contributed by atoms with van der Waals surface area (Å²) in [6.45, 7) is 4.42. The van der Waals surface area contributed by atoms with Gasteiger partial charge in [-0.25, -0.2) is 0 Å². The average molecular weight is 247 g/mol. The summed E-state index contributed by atoms with van der Waals surface area (Å²) >= 11 is 0. The molecule has 1 aliphatic carbocycles. The van der Waals surface area contributed by atoms with Gasteiger partial charge in [-0.15, -0.1) is 0 Å². The summed E-state index contributed by atoms with van der Waals surface area (Å²) in [7, 11) is 0. The quantitative estimate of drug-likeness (QED) is 0.594. The third kappa shape index (κ3) is 4.15. The van der Waals surface area contributed by atoms with Crippen LogP contribution in [0.5, 0.6) is 0 Å². The van der Waals surface area contributed by atoms with Crippen LogP contribution in [0.3, 0.4) is 0 Å². The summed E-state index contributed by atoms with van der Waals surface area (Å²) in [5.41, 5.74) is 2.64. The Morgan fingerprint density at radius 1 is 1.39 bits per heavy atom. The Balaban J connectivity index is 1.53. The predicted octanol–water partition coefficient (Wildman–Crippen LogP) is 2.43. The highest BCUT2D eigenvalue weighted by atomic mass is 16.5. The molecule has 3 heteroatoms. The van der Waals surface area contributed by atoms with Crippen molar-refractivity contribution in [2.75, 3.05) is 13.2 Å². The number of esters is 1. The second-order valence-electron chi connectivity index (χ2n) is 4.90. The van der Waals surface area contributed by atoms with Crippen LogP contribution < -0.4 is 5.32 Å². The molecule has 1 aromatic carbocycles. The van der Waals surface area contributed by atoms with E-state index in [-0.39, 0.29) is 11.9 Å². The Morgan fingerprint density at radius 3 is 2.89 bits per heavy atom. The minimum absolute atomic E-state index is 0.00564. The van der Waals surface area contributed by atoms with Crippen LogP contribution in [0, 0.1) is 12.8 Å². The van der Waals surface area contributed by atoms with Gasteiger partial charge in [-0.1, -0.05) is 24.3 Å². The van der Waals surface area contributed by atoms with E-state index in [9.17, 15) is 4.79 Å². The molecule has 0 saturated heterocycles. The lowest BCUT2D eigenvalue weighted by Gasteiger charge is -2.08. The summed E-state index contributed by atoms with van der Waals surface area (Å²) in [5.74, 6) is 0.207. The molecule has 1 N–H and O–H groups in total. The maximum atomic E-state index is 11.3. The molecule has 0 heterocycles. The van der Waals surface area contributed by atoms with Gasteiger partial charge in [-0.3, -0.25) is 4.79 Å². The Kier molecular flexibility index (Phi) is 4.76. The first-order valence-corrected chi connectivity index (χ1v) is 6.69. The molecule has 0 aromatic heterocycles. The van der Waals surface area contributed by atoms with E-state index in [4.69, 9.17) is 4.74 Å². The lowest BCUT2D eigenvalue weighted by atomic mass is 10.1. The largest absolute Gasteiger partial charge is 0.465 e. The number of aryl methyl sites for hydroxylation is 1. The Labute approximate surface area is 109 Å². The highest BCUT2D eigenvalue weighted by Gasteiger charge is 2.30. The summed E-state index contributed by atoms with van der Waals surface area (Å²) in [4.78, 5) is 11.3. The lowest BCUT2D eigenvalue weighted by Crippen LogP contribution is -2.18. The molecule has 1 aliphatic rings. The van der Waals surface area contributed by atoms with Crippen molar-refractivity contribution in [2.24, 2.45) is 5.92 Å². The Bertz CT molecular complexity index is 399. The fourth-order valence-corrected chi connectivity index (χ4v) is 1.84. The van der Waals surface area contributed by atoms with Gasteiger partial charge in [0.25, 0.3) is 0 Å². The molecule has 1 fully saturated rings. The zero-order valence-corrected chi connectivity index (χ0v) is 10.9. The van der Waals surface area contributed by atoms with Crippen LogP contribution in [0.25, 0.3) is 0 Å². The van der Waals surface area contributed by atoms with Crippen molar-refractivity contribution in [2.45, 2.75) is 32.7 Å². The van der Waals surface area contributed by atoms with Crippen LogP contribution in [0.2, 0.25) is 0 Å². The minimum atomic E-state index is -0.00564. The summed E-state index contributed by atoms with van der Waals surface area (Å²) in [5, 5.41) is 3.37. The van der Waals surface area contributed by atoms with Crippen molar-refractivity contribution < 1.29 is 9.53 Å². The second-order valence-corrected chi connectivity index (χ2v) is 4.90. The lowest BCUT2D eigenvalue weighted by molar-refractivity contribution is -0.145. The van der Waals surface area contributed by atoms with E-state index < -0.39 is 0 Å². The molecule has 2 rings (SSSR count). The molecule has 0 spiro atoms. The van der Waals surface area contributed by atoms with E-state index in [0.717, 1.165) is 32.4 Å². The normalized spacial score (nSPS) is 14.5. The zero-order chi connectivity index (χ0) is 12.8. The van der Waals surface area contributed by atoms with Crippen molar-refractivity contribution >= 4 is 5.97 Å². The van der Waals surface area contributed by atoms with Crippen LogP contribution in [0.15, 0.2) is 24.3 Å². The topological polar surface area (TPSA) is 38.3 Å². The van der Waals surface area contributed by atoms with Crippen LogP contribution in [0.4, 0.5) is 0 Å². The van der Waals surface area contributed by atoms with Crippen molar-refractivity contribution in [3.63, 3.8) is 0 Å². The maximum Gasteiger partial charge on any atom is 0.308 e. The molecule has 1 saturated carbocycles. The molecule has 98 valence electrons. The van der Waals surface area contributed by atoms with Crippen LogP contribution in [0.1, 0.15) is 30.4 Å². The van der Waals surface area contributed by atoms with Gasteiger partial charge in [0.05, 0.1) is 12.5 Å². The van der Waals surface area contributed by atoms with Crippen molar-refractivity contribution in [1.82, 2.24) is 5.32 Å². The van der Waals surface area contributed by atoms with E-state index >= 15 is 0 Å². The number of hydrogen-bond donors (Lipinski definition) is 1. The number of benzene rings is 1. The molecule has 0 bridgehead atoms. The van der Waals surface area contributed by atoms with Crippen molar-refractivity contribution in [3.05, 3.63) is 35.4 Å². The van der Waals surface area contributed by atoms with Gasteiger partial charge >= 0.3 is 5.97 Å². The van der Waals surface area contributed by atoms with E-state index in [1.165, 1.54) is 11.1 Å². The van der Waals surface area contributed by atoms with Crippen molar-refractivity contribution in [1.29, 1.82) is 0 Å². The summed E-state index contributed by atoms with van der Waals surface area (Å²) < 4.78 is 5.16. The molecule has 3 nitrogen and oxygen atoms in total. The third-order valence-electron chi connectivity index (χ3n) is 3.23.